The molecule has 6 heteroatoms. The molecule has 0 saturated carbocycles. The normalized spacial score (nSPS) is 6.43. The SMILES string of the molecule is C=C(C)C(=O)O.C=C(C)C(=O)O.[H-].[H-].[Mg+2].[Zn]. The van der Waals surface area contributed by atoms with E-state index < -0.39 is 11.9 Å². The fourth-order valence-corrected chi connectivity index (χ4v) is 0. The van der Waals surface area contributed by atoms with E-state index in [0.29, 0.717) is 0 Å². The Hall–Kier alpha value is -0.190. The molecule has 0 aliphatic heterocycles. The Morgan fingerprint density at radius 1 is 1.00 bits per heavy atom. The van der Waals surface area contributed by atoms with Crippen molar-refractivity contribution < 1.29 is 42.1 Å². The van der Waals surface area contributed by atoms with E-state index in [1.807, 2.05) is 0 Å². The zero-order valence-electron chi connectivity index (χ0n) is 10.5. The molecule has 0 saturated heterocycles. The molecule has 0 heterocycles. The van der Waals surface area contributed by atoms with E-state index in [2.05, 4.69) is 13.2 Å². The van der Waals surface area contributed by atoms with E-state index in [4.69, 9.17) is 10.2 Å². The van der Waals surface area contributed by atoms with Crippen molar-refractivity contribution in [3.05, 3.63) is 24.3 Å². The average molecular weight is 264 g/mol. The zero-order chi connectivity index (χ0) is 10.3. The molecule has 14 heavy (non-hydrogen) atoms. The minimum absolute atomic E-state index is 0. The second-order valence-electron chi connectivity index (χ2n) is 2.17. The summed E-state index contributed by atoms with van der Waals surface area (Å²) in [6.45, 7) is 9.20. The molecule has 0 aromatic carbocycles. The van der Waals surface area contributed by atoms with Gasteiger partial charge in [-0.2, -0.15) is 0 Å². The third-order valence-corrected chi connectivity index (χ3v) is 0.730. The summed E-state index contributed by atoms with van der Waals surface area (Å²) >= 11 is 0. The molecule has 0 unspecified atom stereocenters. The third kappa shape index (κ3) is 22.6. The van der Waals surface area contributed by atoms with Gasteiger partial charge < -0.3 is 13.1 Å². The first-order chi connectivity index (χ1) is 5.29. The summed E-state index contributed by atoms with van der Waals surface area (Å²) in [7, 11) is 0. The molecule has 0 bridgehead atoms. The van der Waals surface area contributed by atoms with E-state index in [-0.39, 0.29) is 56.5 Å². The molecule has 0 aromatic heterocycles. The summed E-state index contributed by atoms with van der Waals surface area (Å²) in [5, 5.41) is 15.8. The smallest absolute Gasteiger partial charge is 1.00 e. The summed E-state index contributed by atoms with van der Waals surface area (Å²) in [4.78, 5) is 19.2. The number of hydrogen-bond donors (Lipinski definition) is 2. The Balaban J connectivity index is -0.0000000250. The van der Waals surface area contributed by atoms with Gasteiger partial charge in [-0.3, -0.25) is 0 Å². The topological polar surface area (TPSA) is 74.6 Å². The van der Waals surface area contributed by atoms with E-state index in [9.17, 15) is 9.59 Å². The first-order valence-corrected chi connectivity index (χ1v) is 3.06. The van der Waals surface area contributed by atoms with Gasteiger partial charge in [0, 0.05) is 30.6 Å². The Labute approximate surface area is 115 Å². The zero-order valence-corrected chi connectivity index (χ0v) is 12.9. The fraction of sp³-hybridized carbons (Fsp3) is 0.250. The van der Waals surface area contributed by atoms with Gasteiger partial charge in [0.05, 0.1) is 0 Å². The van der Waals surface area contributed by atoms with Crippen molar-refractivity contribution in [3.8, 4) is 0 Å². The van der Waals surface area contributed by atoms with Gasteiger partial charge in [0.2, 0.25) is 0 Å². The molecule has 2 N–H and O–H groups in total. The maximum absolute atomic E-state index is 9.60. The van der Waals surface area contributed by atoms with Crippen LogP contribution in [0.4, 0.5) is 0 Å². The van der Waals surface area contributed by atoms with Gasteiger partial charge in [-0.15, -0.1) is 0 Å². The van der Waals surface area contributed by atoms with Crippen LogP contribution in [0.25, 0.3) is 0 Å². The molecule has 0 spiro atoms. The molecule has 4 nitrogen and oxygen atoms in total. The molecule has 0 amide bonds. The number of rotatable bonds is 2. The van der Waals surface area contributed by atoms with Crippen LogP contribution in [0.3, 0.4) is 0 Å². The molecular weight excluding hydrogens is 250 g/mol. The van der Waals surface area contributed by atoms with Crippen molar-refractivity contribution in [1.82, 2.24) is 0 Å². The van der Waals surface area contributed by atoms with Crippen LogP contribution in [0.1, 0.15) is 16.7 Å². The molecule has 0 fully saturated rings. The van der Waals surface area contributed by atoms with Gasteiger partial charge in [-0.1, -0.05) is 13.2 Å². The van der Waals surface area contributed by atoms with Gasteiger partial charge in [0.1, 0.15) is 0 Å². The summed E-state index contributed by atoms with van der Waals surface area (Å²) in [5.74, 6) is -1.87. The third-order valence-electron chi connectivity index (χ3n) is 0.730. The minimum atomic E-state index is -0.935. The summed E-state index contributed by atoms with van der Waals surface area (Å²) in [5.41, 5.74) is 0.352. The van der Waals surface area contributed by atoms with Crippen molar-refractivity contribution in [2.45, 2.75) is 13.8 Å². The largest absolute Gasteiger partial charge is 2.00 e. The van der Waals surface area contributed by atoms with Crippen molar-refractivity contribution in [3.63, 3.8) is 0 Å². The predicted octanol–water partition coefficient (Wildman–Crippen LogP) is 1.14. The second kappa shape index (κ2) is 12.8. The van der Waals surface area contributed by atoms with E-state index >= 15 is 0 Å². The quantitative estimate of drug-likeness (QED) is 0.579. The van der Waals surface area contributed by atoms with Crippen LogP contribution in [0.15, 0.2) is 24.3 Å². The molecule has 0 aliphatic rings. The molecule has 0 aliphatic carbocycles. The van der Waals surface area contributed by atoms with Crippen molar-refractivity contribution in [1.29, 1.82) is 0 Å². The molecule has 0 radical (unpaired) electrons. The number of carboxylic acids is 2. The maximum atomic E-state index is 9.60. The Morgan fingerprint density at radius 3 is 1.07 bits per heavy atom. The van der Waals surface area contributed by atoms with Gasteiger partial charge in [-0.25, -0.2) is 9.59 Å². The summed E-state index contributed by atoms with van der Waals surface area (Å²) < 4.78 is 0. The van der Waals surface area contributed by atoms with E-state index in [1.165, 1.54) is 13.8 Å². The fourth-order valence-electron chi connectivity index (χ4n) is 0. The van der Waals surface area contributed by atoms with Crippen molar-refractivity contribution in [2.24, 2.45) is 0 Å². The van der Waals surface area contributed by atoms with E-state index in [0.717, 1.165) is 0 Å². The summed E-state index contributed by atoms with van der Waals surface area (Å²) in [6.07, 6.45) is 0. The molecular formula is C8H14MgO4Zn. The molecule has 0 aromatic rings. The maximum Gasteiger partial charge on any atom is 2.00 e. The first kappa shape index (κ1) is 23.5. The number of aliphatic carboxylic acids is 2. The average Bonchev–Trinajstić information content (AvgIpc) is 1.88. The van der Waals surface area contributed by atoms with Crippen LogP contribution in [-0.2, 0) is 29.1 Å². The Kier molecular flexibility index (Phi) is 21.5. The number of hydrogen-bond acceptors (Lipinski definition) is 2. The van der Waals surface area contributed by atoms with Crippen molar-refractivity contribution >= 4 is 35.0 Å². The second-order valence-corrected chi connectivity index (χ2v) is 2.17. The first-order valence-electron chi connectivity index (χ1n) is 3.06. The Bertz CT molecular complexity index is 186. The van der Waals surface area contributed by atoms with Gasteiger partial charge in [-0.05, 0) is 13.8 Å². The van der Waals surface area contributed by atoms with Crippen LogP contribution in [0, 0.1) is 0 Å². The molecule has 0 atom stereocenters. The number of carboxylic acid groups (broad SMARTS) is 2. The minimum Gasteiger partial charge on any atom is -1.00 e. The predicted molar refractivity (Wildman–Crippen MR) is 52.9 cm³/mol. The van der Waals surface area contributed by atoms with Crippen LogP contribution >= 0.6 is 0 Å². The van der Waals surface area contributed by atoms with E-state index in [1.54, 1.807) is 0 Å². The Morgan fingerprint density at radius 2 is 1.07 bits per heavy atom. The van der Waals surface area contributed by atoms with Crippen LogP contribution in [0.5, 0.6) is 0 Å². The monoisotopic (exact) mass is 262 g/mol. The van der Waals surface area contributed by atoms with Crippen LogP contribution in [-0.4, -0.2) is 45.2 Å². The van der Waals surface area contributed by atoms with Gasteiger partial charge in [0.25, 0.3) is 0 Å². The van der Waals surface area contributed by atoms with Crippen LogP contribution in [0.2, 0.25) is 0 Å². The van der Waals surface area contributed by atoms with Crippen molar-refractivity contribution in [2.75, 3.05) is 0 Å². The number of carbonyl (C=O) groups is 2. The summed E-state index contributed by atoms with van der Waals surface area (Å²) in [6, 6.07) is 0. The standard InChI is InChI=1S/2C4H6O2.Mg.Zn.2H/c2*1-3(2)4(5)6;;;;/h2*1H2,2H3,(H,5,6);;;;/q;;+2;;2*-1. The molecule has 74 valence electrons. The molecule has 0 rings (SSSR count). The van der Waals surface area contributed by atoms with Gasteiger partial charge >= 0.3 is 35.0 Å². The van der Waals surface area contributed by atoms with Gasteiger partial charge in [0.15, 0.2) is 0 Å². The van der Waals surface area contributed by atoms with Crippen LogP contribution < -0.4 is 0 Å².